The largest absolute Gasteiger partial charge is 0.266 e. The van der Waals surface area contributed by atoms with Gasteiger partial charge in [0.25, 0.3) is 20.2 Å². The second-order valence-electron chi connectivity index (χ2n) is 7.15. The van der Waals surface area contributed by atoms with E-state index in [0.717, 1.165) is 12.5 Å². The summed E-state index contributed by atoms with van der Waals surface area (Å²) in [6.07, 6.45) is 1.72. The molecule has 6 rings (SSSR count). The summed E-state index contributed by atoms with van der Waals surface area (Å²) in [5, 5.41) is 0. The van der Waals surface area contributed by atoms with E-state index in [2.05, 4.69) is 0 Å². The maximum absolute atomic E-state index is 11.4. The van der Waals surface area contributed by atoms with Crippen LogP contribution >= 0.6 is 0 Å². The van der Waals surface area contributed by atoms with Gasteiger partial charge in [0, 0.05) is 0 Å². The highest BCUT2D eigenvalue weighted by Crippen LogP contribution is 2.89. The van der Waals surface area contributed by atoms with Crippen molar-refractivity contribution in [3.63, 3.8) is 0 Å². The first-order valence-corrected chi connectivity index (χ1v) is 10.6. The molecule has 0 amide bonds. The van der Waals surface area contributed by atoms with Gasteiger partial charge in [-0.15, -0.1) is 0 Å². The first-order chi connectivity index (χ1) is 9.19. The second-order valence-corrected chi connectivity index (χ2v) is 10.4. The highest BCUT2D eigenvalue weighted by Gasteiger charge is 2.90. The van der Waals surface area contributed by atoms with Crippen molar-refractivity contribution >= 4 is 20.2 Å². The lowest BCUT2D eigenvalue weighted by molar-refractivity contribution is -0.174. The fourth-order valence-corrected chi connectivity index (χ4v) is 8.06. The zero-order valence-corrected chi connectivity index (χ0v) is 12.7. The molecule has 20 heavy (non-hydrogen) atoms. The minimum absolute atomic E-state index is 0.187. The van der Waals surface area contributed by atoms with Crippen LogP contribution < -0.4 is 0 Å². The van der Waals surface area contributed by atoms with Crippen molar-refractivity contribution in [3.8, 4) is 0 Å². The van der Waals surface area contributed by atoms with Crippen LogP contribution in [0, 0.1) is 47.3 Å². The van der Waals surface area contributed by atoms with E-state index in [4.69, 9.17) is 8.37 Å². The molecule has 8 heteroatoms. The Balaban J connectivity index is 1.50. The highest BCUT2D eigenvalue weighted by molar-refractivity contribution is 7.86. The zero-order chi connectivity index (χ0) is 14.2. The van der Waals surface area contributed by atoms with E-state index in [1.807, 2.05) is 0 Å². The molecule has 0 radical (unpaired) electrons. The molecular weight excluding hydrogens is 304 g/mol. The smallest absolute Gasteiger partial charge is 0.264 e. The Hall–Kier alpha value is -0.180. The van der Waals surface area contributed by atoms with Gasteiger partial charge < -0.3 is 0 Å². The predicted molar refractivity (Wildman–Crippen MR) is 67.4 cm³/mol. The normalized spacial score (nSPS) is 60.7. The van der Waals surface area contributed by atoms with E-state index in [-0.39, 0.29) is 24.0 Å². The first kappa shape index (κ1) is 12.4. The van der Waals surface area contributed by atoms with Crippen LogP contribution in [0.25, 0.3) is 0 Å². The van der Waals surface area contributed by atoms with E-state index >= 15 is 0 Å². The van der Waals surface area contributed by atoms with Gasteiger partial charge in [0.1, 0.15) is 0 Å². The molecule has 112 valence electrons. The molecule has 6 aliphatic rings. The van der Waals surface area contributed by atoms with Crippen molar-refractivity contribution in [1.82, 2.24) is 0 Å². The van der Waals surface area contributed by atoms with Crippen LogP contribution in [0.4, 0.5) is 0 Å². The fraction of sp³-hybridized carbons (Fsp3) is 1.00. The quantitative estimate of drug-likeness (QED) is 0.660. The lowest BCUT2D eigenvalue weighted by Gasteiger charge is -2.63. The van der Waals surface area contributed by atoms with E-state index in [1.54, 1.807) is 0 Å². The maximum atomic E-state index is 11.4. The Kier molecular flexibility index (Phi) is 1.93. The topological polar surface area (TPSA) is 86.7 Å². The number of rotatable bonds is 4. The Morgan fingerprint density at radius 1 is 0.550 bits per heavy atom. The molecular formula is C12H16O6S2. The average molecular weight is 320 g/mol. The van der Waals surface area contributed by atoms with Crippen molar-refractivity contribution in [1.29, 1.82) is 0 Å². The van der Waals surface area contributed by atoms with Crippen molar-refractivity contribution in [2.24, 2.45) is 47.3 Å². The van der Waals surface area contributed by atoms with E-state index < -0.39 is 20.2 Å². The fourth-order valence-electron chi connectivity index (χ4n) is 6.74. The van der Waals surface area contributed by atoms with Crippen LogP contribution in [0.3, 0.4) is 0 Å². The molecule has 0 aliphatic heterocycles. The summed E-state index contributed by atoms with van der Waals surface area (Å²) in [5.74, 6) is 2.99. The molecule has 6 nitrogen and oxygen atoms in total. The molecule has 6 saturated carbocycles. The van der Waals surface area contributed by atoms with Crippen LogP contribution in [0.1, 0.15) is 0 Å². The van der Waals surface area contributed by atoms with Gasteiger partial charge >= 0.3 is 0 Å². The summed E-state index contributed by atoms with van der Waals surface area (Å²) < 4.78 is 56.4. The SMILES string of the molecule is CS(=O)(=O)OC1C2C3C(OS(C)(=O)=O)C4C2C2C1C3C42. The molecule has 0 N–H and O–H groups in total. The minimum atomic E-state index is -3.46. The third-order valence-corrected chi connectivity index (χ3v) is 7.68. The van der Waals surface area contributed by atoms with Gasteiger partial charge in [-0.25, -0.2) is 0 Å². The molecule has 0 aromatic carbocycles. The van der Waals surface area contributed by atoms with E-state index in [0.29, 0.717) is 35.5 Å². The second kappa shape index (κ2) is 3.11. The van der Waals surface area contributed by atoms with Crippen molar-refractivity contribution < 1.29 is 25.2 Å². The Morgan fingerprint density at radius 3 is 1.10 bits per heavy atom. The van der Waals surface area contributed by atoms with E-state index in [9.17, 15) is 16.8 Å². The molecule has 0 aromatic heterocycles. The van der Waals surface area contributed by atoms with Crippen LogP contribution in [0.5, 0.6) is 0 Å². The van der Waals surface area contributed by atoms with Crippen molar-refractivity contribution in [3.05, 3.63) is 0 Å². The van der Waals surface area contributed by atoms with E-state index in [1.165, 1.54) is 0 Å². The number of hydrogen-bond acceptors (Lipinski definition) is 6. The monoisotopic (exact) mass is 320 g/mol. The summed E-state index contributed by atoms with van der Waals surface area (Å²) in [7, 11) is -6.92. The van der Waals surface area contributed by atoms with Gasteiger partial charge in [-0.1, -0.05) is 0 Å². The maximum Gasteiger partial charge on any atom is 0.264 e. The van der Waals surface area contributed by atoms with Crippen LogP contribution in [-0.2, 0) is 28.6 Å². The van der Waals surface area contributed by atoms with Crippen molar-refractivity contribution in [2.75, 3.05) is 12.5 Å². The molecule has 0 saturated heterocycles. The molecule has 10 unspecified atom stereocenters. The van der Waals surface area contributed by atoms with Gasteiger partial charge in [-0.05, 0) is 47.3 Å². The molecule has 4 bridgehead atoms. The van der Waals surface area contributed by atoms with Crippen LogP contribution in [0.15, 0.2) is 0 Å². The zero-order valence-electron chi connectivity index (χ0n) is 11.0. The summed E-state index contributed by atoms with van der Waals surface area (Å²) >= 11 is 0. The summed E-state index contributed by atoms with van der Waals surface area (Å²) in [5.41, 5.74) is 0. The summed E-state index contributed by atoms with van der Waals surface area (Å²) in [6, 6.07) is 0. The van der Waals surface area contributed by atoms with Crippen LogP contribution in [-0.4, -0.2) is 41.6 Å². The Bertz CT molecular complexity index is 650. The summed E-state index contributed by atoms with van der Waals surface area (Å²) in [4.78, 5) is 0. The molecule has 0 heterocycles. The third-order valence-electron chi connectivity index (χ3n) is 6.53. The van der Waals surface area contributed by atoms with Gasteiger partial charge in [-0.3, -0.25) is 8.37 Å². The third kappa shape index (κ3) is 1.16. The molecule has 6 aliphatic carbocycles. The standard InChI is InChI=1S/C12H16O6S2/c1-19(13,14)17-11-7-3-4-5(7)10-9(11)6(3)8(4)12(10)18-20(2,15)16/h3-12H,1-2H3. The predicted octanol–water partition coefficient (Wildman–Crippen LogP) is -0.326. The molecule has 6 fully saturated rings. The van der Waals surface area contributed by atoms with Crippen LogP contribution in [0.2, 0.25) is 0 Å². The minimum Gasteiger partial charge on any atom is -0.266 e. The number of hydrogen-bond donors (Lipinski definition) is 0. The molecule has 0 spiro atoms. The van der Waals surface area contributed by atoms with Gasteiger partial charge in [0.05, 0.1) is 24.7 Å². The lowest BCUT2D eigenvalue weighted by Crippen LogP contribution is -2.61. The Morgan fingerprint density at radius 2 is 0.800 bits per heavy atom. The summed E-state index contributed by atoms with van der Waals surface area (Å²) in [6.45, 7) is 0. The Labute approximate surface area is 118 Å². The molecule has 10 atom stereocenters. The van der Waals surface area contributed by atoms with Gasteiger partial charge in [-0.2, -0.15) is 16.8 Å². The first-order valence-electron chi connectivity index (χ1n) is 6.95. The van der Waals surface area contributed by atoms with Gasteiger partial charge in [0.15, 0.2) is 0 Å². The van der Waals surface area contributed by atoms with Crippen molar-refractivity contribution in [2.45, 2.75) is 12.2 Å². The lowest BCUT2D eigenvalue weighted by atomic mass is 9.41. The highest BCUT2D eigenvalue weighted by atomic mass is 32.2. The molecule has 0 aromatic rings. The van der Waals surface area contributed by atoms with Gasteiger partial charge in [0.2, 0.25) is 0 Å². The average Bonchev–Trinajstić information content (AvgIpc) is 2.66.